The first kappa shape index (κ1) is 11.1. The first-order chi connectivity index (χ1) is 8.19. The van der Waals surface area contributed by atoms with Crippen molar-refractivity contribution < 1.29 is 19.7 Å². The van der Waals surface area contributed by atoms with Gasteiger partial charge in [0.25, 0.3) is 0 Å². The lowest BCUT2D eigenvalue weighted by Gasteiger charge is -2.08. The topological polar surface area (TPSA) is 58.9 Å². The first-order valence-electron chi connectivity index (χ1n) is 5.03. The van der Waals surface area contributed by atoms with E-state index in [2.05, 4.69) is 0 Å². The molecule has 2 rings (SSSR count). The molecular formula is C13H12O4. The molecule has 0 saturated heterocycles. The monoisotopic (exact) mass is 232 g/mol. The highest BCUT2D eigenvalue weighted by atomic mass is 16.5. The van der Waals surface area contributed by atoms with E-state index in [1.54, 1.807) is 31.4 Å². The van der Waals surface area contributed by atoms with Gasteiger partial charge in [0.2, 0.25) is 0 Å². The fraction of sp³-hybridized carbons (Fsp3) is 0.0769. The molecule has 0 bridgehead atoms. The Morgan fingerprint density at radius 1 is 0.882 bits per heavy atom. The Labute approximate surface area is 98.7 Å². The van der Waals surface area contributed by atoms with Gasteiger partial charge in [-0.1, -0.05) is 0 Å². The van der Waals surface area contributed by atoms with Gasteiger partial charge in [-0.15, -0.1) is 0 Å². The molecule has 0 amide bonds. The predicted molar refractivity (Wildman–Crippen MR) is 62.8 cm³/mol. The van der Waals surface area contributed by atoms with Gasteiger partial charge in [-0.2, -0.15) is 0 Å². The van der Waals surface area contributed by atoms with Crippen LogP contribution in [0.3, 0.4) is 0 Å². The summed E-state index contributed by atoms with van der Waals surface area (Å²) < 4.78 is 10.5. The van der Waals surface area contributed by atoms with E-state index in [0.29, 0.717) is 5.75 Å². The molecule has 2 aromatic carbocycles. The normalized spacial score (nSPS) is 9.94. The molecule has 88 valence electrons. The number of benzene rings is 2. The molecule has 4 heteroatoms. The van der Waals surface area contributed by atoms with E-state index in [4.69, 9.17) is 14.6 Å². The second-order valence-electron chi connectivity index (χ2n) is 3.43. The molecule has 0 fully saturated rings. The summed E-state index contributed by atoms with van der Waals surface area (Å²) in [4.78, 5) is 0. The van der Waals surface area contributed by atoms with E-state index in [0.717, 1.165) is 5.75 Å². The standard InChI is InChI=1S/C13H12O4/c1-16-10-3-5-11(6-4-10)17-13-7-2-9(14)8-12(13)15/h2-8,14-15H,1H3. The zero-order valence-electron chi connectivity index (χ0n) is 9.25. The summed E-state index contributed by atoms with van der Waals surface area (Å²) in [6, 6.07) is 11.1. The molecule has 0 heterocycles. The zero-order chi connectivity index (χ0) is 12.3. The van der Waals surface area contributed by atoms with Crippen molar-refractivity contribution in [2.45, 2.75) is 0 Å². The highest BCUT2D eigenvalue weighted by Gasteiger charge is 2.04. The number of phenols is 2. The third-order valence-corrected chi connectivity index (χ3v) is 2.23. The Morgan fingerprint density at radius 3 is 2.12 bits per heavy atom. The van der Waals surface area contributed by atoms with Crippen molar-refractivity contribution in [3.63, 3.8) is 0 Å². The van der Waals surface area contributed by atoms with Gasteiger partial charge >= 0.3 is 0 Å². The molecule has 0 unspecified atom stereocenters. The summed E-state index contributed by atoms with van der Waals surface area (Å²) in [5.74, 6) is 1.47. The molecule has 0 aromatic heterocycles. The van der Waals surface area contributed by atoms with Gasteiger partial charge in [-0.25, -0.2) is 0 Å². The zero-order valence-corrected chi connectivity index (χ0v) is 9.25. The maximum Gasteiger partial charge on any atom is 0.169 e. The van der Waals surface area contributed by atoms with Crippen molar-refractivity contribution in [3.05, 3.63) is 42.5 Å². The highest BCUT2D eigenvalue weighted by molar-refractivity contribution is 5.46. The van der Waals surface area contributed by atoms with E-state index in [9.17, 15) is 5.11 Å². The second kappa shape index (κ2) is 4.65. The summed E-state index contributed by atoms with van der Waals surface area (Å²) in [5, 5.41) is 18.7. The van der Waals surface area contributed by atoms with Crippen molar-refractivity contribution in [2.24, 2.45) is 0 Å². The molecule has 0 atom stereocenters. The minimum Gasteiger partial charge on any atom is -0.508 e. The Kier molecular flexibility index (Phi) is 3.05. The van der Waals surface area contributed by atoms with Crippen LogP contribution in [-0.2, 0) is 0 Å². The number of methoxy groups -OCH3 is 1. The lowest BCUT2D eigenvalue weighted by molar-refractivity contribution is 0.400. The van der Waals surface area contributed by atoms with Gasteiger partial charge in [-0.05, 0) is 36.4 Å². The van der Waals surface area contributed by atoms with Gasteiger partial charge in [0.05, 0.1) is 7.11 Å². The third kappa shape index (κ3) is 2.60. The van der Waals surface area contributed by atoms with E-state index < -0.39 is 0 Å². The smallest absolute Gasteiger partial charge is 0.169 e. The van der Waals surface area contributed by atoms with Gasteiger partial charge in [0.15, 0.2) is 11.5 Å². The molecule has 2 N–H and O–H groups in total. The van der Waals surface area contributed by atoms with Crippen LogP contribution in [0, 0.1) is 0 Å². The number of aromatic hydroxyl groups is 2. The number of phenolic OH excluding ortho intramolecular Hbond substituents is 2. The Morgan fingerprint density at radius 2 is 1.53 bits per heavy atom. The maximum absolute atomic E-state index is 9.54. The molecule has 2 aromatic rings. The SMILES string of the molecule is COc1ccc(Oc2ccc(O)cc2O)cc1. The fourth-order valence-electron chi connectivity index (χ4n) is 1.36. The lowest BCUT2D eigenvalue weighted by Crippen LogP contribution is -1.86. The Balaban J connectivity index is 2.19. The summed E-state index contributed by atoms with van der Waals surface area (Å²) in [5.41, 5.74) is 0. The molecule has 0 saturated carbocycles. The van der Waals surface area contributed by atoms with Crippen LogP contribution in [-0.4, -0.2) is 17.3 Å². The van der Waals surface area contributed by atoms with Crippen molar-refractivity contribution in [1.82, 2.24) is 0 Å². The van der Waals surface area contributed by atoms with E-state index in [1.807, 2.05) is 0 Å². The number of ether oxygens (including phenoxy) is 2. The summed E-state index contributed by atoms with van der Waals surface area (Å²) >= 11 is 0. The minimum absolute atomic E-state index is 0.00965. The summed E-state index contributed by atoms with van der Waals surface area (Å²) in [7, 11) is 1.58. The number of hydrogen-bond acceptors (Lipinski definition) is 4. The van der Waals surface area contributed by atoms with Crippen LogP contribution in [0.2, 0.25) is 0 Å². The van der Waals surface area contributed by atoms with Gasteiger partial charge in [0, 0.05) is 6.07 Å². The van der Waals surface area contributed by atoms with Crippen LogP contribution in [0.15, 0.2) is 42.5 Å². The van der Waals surface area contributed by atoms with Crippen LogP contribution in [0.4, 0.5) is 0 Å². The summed E-state index contributed by atoms with van der Waals surface area (Å²) in [6.45, 7) is 0. The van der Waals surface area contributed by atoms with Crippen molar-refractivity contribution in [2.75, 3.05) is 7.11 Å². The van der Waals surface area contributed by atoms with Crippen molar-refractivity contribution in [3.8, 4) is 28.7 Å². The van der Waals surface area contributed by atoms with Gasteiger partial charge in [0.1, 0.15) is 17.2 Å². The van der Waals surface area contributed by atoms with E-state index in [-0.39, 0.29) is 17.2 Å². The summed E-state index contributed by atoms with van der Waals surface area (Å²) in [6.07, 6.45) is 0. The molecule has 0 radical (unpaired) electrons. The van der Waals surface area contributed by atoms with Crippen LogP contribution >= 0.6 is 0 Å². The minimum atomic E-state index is -0.110. The van der Waals surface area contributed by atoms with Crippen molar-refractivity contribution in [1.29, 1.82) is 0 Å². The molecule has 17 heavy (non-hydrogen) atoms. The van der Waals surface area contributed by atoms with Gasteiger partial charge in [-0.3, -0.25) is 0 Å². The third-order valence-electron chi connectivity index (χ3n) is 2.23. The van der Waals surface area contributed by atoms with Gasteiger partial charge < -0.3 is 19.7 Å². The molecule has 4 nitrogen and oxygen atoms in total. The molecule has 0 aliphatic carbocycles. The van der Waals surface area contributed by atoms with E-state index in [1.165, 1.54) is 18.2 Å². The fourth-order valence-corrected chi connectivity index (χ4v) is 1.36. The number of rotatable bonds is 3. The molecular weight excluding hydrogens is 220 g/mol. The molecule has 0 aliphatic heterocycles. The maximum atomic E-state index is 9.54. The lowest BCUT2D eigenvalue weighted by atomic mass is 10.3. The highest BCUT2D eigenvalue weighted by Crippen LogP contribution is 2.33. The molecule has 0 aliphatic rings. The average Bonchev–Trinajstić information content (AvgIpc) is 2.34. The average molecular weight is 232 g/mol. The van der Waals surface area contributed by atoms with Crippen LogP contribution in [0.5, 0.6) is 28.7 Å². The van der Waals surface area contributed by atoms with Crippen LogP contribution in [0.25, 0.3) is 0 Å². The Bertz CT molecular complexity index is 505. The molecule has 0 spiro atoms. The first-order valence-corrected chi connectivity index (χ1v) is 5.03. The Hall–Kier alpha value is -2.36. The van der Waals surface area contributed by atoms with E-state index >= 15 is 0 Å². The predicted octanol–water partition coefficient (Wildman–Crippen LogP) is 2.90. The largest absolute Gasteiger partial charge is 0.508 e. The van der Waals surface area contributed by atoms with Crippen LogP contribution < -0.4 is 9.47 Å². The second-order valence-corrected chi connectivity index (χ2v) is 3.43. The van der Waals surface area contributed by atoms with Crippen molar-refractivity contribution >= 4 is 0 Å². The number of hydrogen-bond donors (Lipinski definition) is 2. The van der Waals surface area contributed by atoms with Crippen LogP contribution in [0.1, 0.15) is 0 Å². The quantitative estimate of drug-likeness (QED) is 0.854.